The molecule has 0 spiro atoms. The number of para-hydroxylation sites is 1. The number of thioether (sulfide) groups is 1. The summed E-state index contributed by atoms with van der Waals surface area (Å²) in [4.78, 5) is 37.9. The minimum Gasteiger partial charge on any atom is -0.465 e. The second-order valence-corrected chi connectivity index (χ2v) is 7.14. The standard InChI is InChI=1S/C21H18N2O4S/c1-5-10-22-19(24)18(28-21(22)26)12-15-11-13(2)23(14(15)3)17-9-7-6-8-16(17)20(25)27-4/h1,6-9,11-12H,10H2,2-4H3/b18-12-. The number of hydrogen-bond donors (Lipinski definition) is 0. The number of esters is 1. The topological polar surface area (TPSA) is 68.6 Å². The van der Waals surface area contributed by atoms with Crippen molar-refractivity contribution in [2.45, 2.75) is 13.8 Å². The summed E-state index contributed by atoms with van der Waals surface area (Å²) in [6, 6.07) is 9.04. The first-order chi connectivity index (χ1) is 13.4. The molecule has 2 heterocycles. The van der Waals surface area contributed by atoms with E-state index in [1.54, 1.807) is 18.2 Å². The Morgan fingerprint density at radius 3 is 2.68 bits per heavy atom. The Hall–Kier alpha value is -3.24. The molecule has 1 fully saturated rings. The normalized spacial score (nSPS) is 15.2. The molecule has 2 aromatic rings. The number of carbonyl (C=O) groups excluding carboxylic acids is 3. The maximum Gasteiger partial charge on any atom is 0.339 e. The predicted molar refractivity (Wildman–Crippen MR) is 108 cm³/mol. The molecular weight excluding hydrogens is 376 g/mol. The van der Waals surface area contributed by atoms with E-state index in [0.29, 0.717) is 16.2 Å². The summed E-state index contributed by atoms with van der Waals surface area (Å²) in [5.41, 5.74) is 3.61. The molecular formula is C21H18N2O4S. The fourth-order valence-corrected chi connectivity index (χ4v) is 3.95. The molecule has 1 aliphatic rings. The zero-order valence-corrected chi connectivity index (χ0v) is 16.5. The molecule has 0 radical (unpaired) electrons. The first kappa shape index (κ1) is 19.5. The Morgan fingerprint density at radius 1 is 1.29 bits per heavy atom. The van der Waals surface area contributed by atoms with E-state index in [0.717, 1.165) is 33.6 Å². The van der Waals surface area contributed by atoms with Gasteiger partial charge in [-0.25, -0.2) is 4.79 Å². The summed E-state index contributed by atoms with van der Waals surface area (Å²) >= 11 is 0.867. The maximum atomic E-state index is 12.4. The fourth-order valence-electron chi connectivity index (χ4n) is 3.12. The summed E-state index contributed by atoms with van der Waals surface area (Å²) < 4.78 is 6.80. The molecule has 7 heteroatoms. The molecule has 0 aliphatic carbocycles. The molecule has 0 N–H and O–H groups in total. The number of aromatic nitrogens is 1. The van der Waals surface area contributed by atoms with Gasteiger partial charge < -0.3 is 9.30 Å². The van der Waals surface area contributed by atoms with Crippen LogP contribution in [0.2, 0.25) is 0 Å². The Kier molecular flexibility index (Phi) is 5.43. The number of rotatable bonds is 4. The van der Waals surface area contributed by atoms with Crippen LogP contribution in [0.1, 0.15) is 27.3 Å². The number of methoxy groups -OCH3 is 1. The lowest BCUT2D eigenvalue weighted by Crippen LogP contribution is -2.28. The molecule has 1 aliphatic heterocycles. The summed E-state index contributed by atoms with van der Waals surface area (Å²) in [5.74, 6) is 1.49. The number of imide groups is 1. The quantitative estimate of drug-likeness (QED) is 0.451. The highest BCUT2D eigenvalue weighted by molar-refractivity contribution is 8.18. The van der Waals surface area contributed by atoms with Crippen LogP contribution in [0.4, 0.5) is 4.79 Å². The van der Waals surface area contributed by atoms with Crippen LogP contribution in [0.15, 0.2) is 35.2 Å². The fraction of sp³-hybridized carbons (Fsp3) is 0.190. The number of nitrogens with zero attached hydrogens (tertiary/aromatic N) is 2. The van der Waals surface area contributed by atoms with Crippen LogP contribution in [0, 0.1) is 26.2 Å². The van der Waals surface area contributed by atoms with Crippen LogP contribution in [0.25, 0.3) is 11.8 Å². The highest BCUT2D eigenvalue weighted by Crippen LogP contribution is 2.33. The van der Waals surface area contributed by atoms with E-state index in [4.69, 9.17) is 11.2 Å². The molecule has 2 amide bonds. The van der Waals surface area contributed by atoms with Crippen LogP contribution >= 0.6 is 11.8 Å². The Morgan fingerprint density at radius 2 is 2.00 bits per heavy atom. The van der Waals surface area contributed by atoms with Crippen molar-refractivity contribution >= 4 is 35.0 Å². The third-order valence-electron chi connectivity index (χ3n) is 4.43. The van der Waals surface area contributed by atoms with E-state index in [9.17, 15) is 14.4 Å². The van der Waals surface area contributed by atoms with Gasteiger partial charge in [0.1, 0.15) is 0 Å². The molecule has 6 nitrogen and oxygen atoms in total. The number of aryl methyl sites for hydroxylation is 1. The third-order valence-corrected chi connectivity index (χ3v) is 5.34. The van der Waals surface area contributed by atoms with Gasteiger partial charge in [0, 0.05) is 11.4 Å². The van der Waals surface area contributed by atoms with Gasteiger partial charge in [-0.05, 0) is 55.4 Å². The number of hydrogen-bond acceptors (Lipinski definition) is 5. The van der Waals surface area contributed by atoms with Crippen molar-refractivity contribution < 1.29 is 19.1 Å². The molecule has 1 aromatic carbocycles. The summed E-state index contributed by atoms with van der Waals surface area (Å²) in [5, 5.41) is -0.376. The van der Waals surface area contributed by atoms with E-state index in [1.165, 1.54) is 7.11 Å². The average molecular weight is 394 g/mol. The average Bonchev–Trinajstić information content (AvgIpc) is 3.11. The van der Waals surface area contributed by atoms with Crippen molar-refractivity contribution in [3.8, 4) is 18.0 Å². The van der Waals surface area contributed by atoms with E-state index >= 15 is 0 Å². The van der Waals surface area contributed by atoms with Crippen LogP contribution in [-0.2, 0) is 9.53 Å². The van der Waals surface area contributed by atoms with Gasteiger partial charge in [0.05, 0.1) is 29.8 Å². The van der Waals surface area contributed by atoms with Gasteiger partial charge in [-0.15, -0.1) is 6.42 Å². The minimum atomic E-state index is -0.431. The Labute approximate surface area is 167 Å². The third kappa shape index (κ3) is 3.35. The summed E-state index contributed by atoms with van der Waals surface area (Å²) in [6.45, 7) is 3.74. The van der Waals surface area contributed by atoms with Gasteiger partial charge in [0.25, 0.3) is 11.1 Å². The highest BCUT2D eigenvalue weighted by Gasteiger charge is 2.34. The zero-order chi connectivity index (χ0) is 20.4. The van der Waals surface area contributed by atoms with E-state index in [2.05, 4.69) is 5.92 Å². The van der Waals surface area contributed by atoms with Crippen molar-refractivity contribution in [1.29, 1.82) is 0 Å². The number of amides is 2. The van der Waals surface area contributed by atoms with Gasteiger partial charge in [0.15, 0.2) is 0 Å². The first-order valence-electron chi connectivity index (χ1n) is 8.44. The Balaban J connectivity index is 2.06. The minimum absolute atomic E-state index is 0.0481. The van der Waals surface area contributed by atoms with Gasteiger partial charge in [0.2, 0.25) is 0 Å². The summed E-state index contributed by atoms with van der Waals surface area (Å²) in [6.07, 6.45) is 6.91. The lowest BCUT2D eigenvalue weighted by Gasteiger charge is -2.13. The molecule has 1 saturated heterocycles. The molecule has 0 atom stereocenters. The van der Waals surface area contributed by atoms with E-state index in [-0.39, 0.29) is 11.8 Å². The number of benzene rings is 1. The van der Waals surface area contributed by atoms with Crippen LogP contribution < -0.4 is 0 Å². The molecule has 142 valence electrons. The first-order valence-corrected chi connectivity index (χ1v) is 9.26. The maximum absolute atomic E-state index is 12.4. The lowest BCUT2D eigenvalue weighted by molar-refractivity contribution is -0.122. The molecule has 0 saturated carbocycles. The lowest BCUT2D eigenvalue weighted by atomic mass is 10.1. The molecule has 3 rings (SSSR count). The van der Waals surface area contributed by atoms with Crippen molar-refractivity contribution in [3.05, 3.63) is 57.8 Å². The van der Waals surface area contributed by atoms with Gasteiger partial charge >= 0.3 is 5.97 Å². The number of carbonyl (C=O) groups is 3. The second kappa shape index (κ2) is 7.79. The van der Waals surface area contributed by atoms with Gasteiger partial charge in [-0.3, -0.25) is 14.5 Å². The SMILES string of the molecule is C#CCN1C(=O)S/C(=C\c2cc(C)n(-c3ccccc3C(=O)OC)c2C)C1=O. The van der Waals surface area contributed by atoms with Crippen molar-refractivity contribution in [2.75, 3.05) is 13.7 Å². The van der Waals surface area contributed by atoms with Crippen LogP contribution in [0.3, 0.4) is 0 Å². The zero-order valence-electron chi connectivity index (χ0n) is 15.7. The van der Waals surface area contributed by atoms with E-state index in [1.807, 2.05) is 36.6 Å². The Bertz CT molecular complexity index is 1060. The van der Waals surface area contributed by atoms with Crippen LogP contribution in [-0.4, -0.2) is 40.2 Å². The second-order valence-electron chi connectivity index (χ2n) is 6.14. The molecule has 0 unspecified atom stereocenters. The van der Waals surface area contributed by atoms with Crippen molar-refractivity contribution in [2.24, 2.45) is 0 Å². The van der Waals surface area contributed by atoms with Crippen molar-refractivity contribution in [3.63, 3.8) is 0 Å². The van der Waals surface area contributed by atoms with Crippen LogP contribution in [0.5, 0.6) is 0 Å². The number of ether oxygens (including phenoxy) is 1. The highest BCUT2D eigenvalue weighted by atomic mass is 32.2. The predicted octanol–water partition coefficient (Wildman–Crippen LogP) is 3.55. The summed E-state index contributed by atoms with van der Waals surface area (Å²) in [7, 11) is 1.34. The molecule has 1 aromatic heterocycles. The smallest absolute Gasteiger partial charge is 0.339 e. The molecule has 28 heavy (non-hydrogen) atoms. The largest absolute Gasteiger partial charge is 0.465 e. The van der Waals surface area contributed by atoms with E-state index < -0.39 is 11.9 Å². The number of terminal acetylenes is 1. The monoisotopic (exact) mass is 394 g/mol. The molecule has 0 bridgehead atoms. The van der Waals surface area contributed by atoms with Crippen molar-refractivity contribution in [1.82, 2.24) is 9.47 Å². The van der Waals surface area contributed by atoms with Gasteiger partial charge in [-0.1, -0.05) is 18.1 Å². The van der Waals surface area contributed by atoms with Gasteiger partial charge in [-0.2, -0.15) is 0 Å².